The Hall–Kier alpha value is -2.88. The number of nitrogens with two attached hydrogens (primary N) is 1. The molecule has 1 aromatic heterocycles. The van der Waals surface area contributed by atoms with Crippen molar-refractivity contribution in [2.75, 3.05) is 13.1 Å². The van der Waals surface area contributed by atoms with Crippen molar-refractivity contribution in [1.29, 1.82) is 0 Å². The van der Waals surface area contributed by atoms with Crippen molar-refractivity contribution >= 4 is 11.8 Å². The molecule has 10 heteroatoms. The summed E-state index contributed by atoms with van der Waals surface area (Å²) in [6.07, 6.45) is 2.09. The van der Waals surface area contributed by atoms with Gasteiger partial charge in [-0.05, 0) is 43.9 Å². The second-order valence-corrected chi connectivity index (χ2v) is 7.54. The van der Waals surface area contributed by atoms with Gasteiger partial charge in [-0.3, -0.25) is 14.7 Å². The number of nitrogens with zero attached hydrogens (tertiary/aromatic N) is 3. The summed E-state index contributed by atoms with van der Waals surface area (Å²) in [7, 11) is 0. The fraction of sp³-hybridized carbons (Fsp3) is 0.500. The molecule has 1 fully saturated rings. The number of carbonyl (C=O) groups is 2. The summed E-state index contributed by atoms with van der Waals surface area (Å²) in [6.45, 7) is 2.67. The van der Waals surface area contributed by atoms with Crippen LogP contribution >= 0.6 is 0 Å². The zero-order chi connectivity index (χ0) is 21.7. The third kappa shape index (κ3) is 5.59. The third-order valence-electron chi connectivity index (χ3n) is 5.09. The Balaban J connectivity index is 1.48. The largest absolute Gasteiger partial charge is 0.354 e. The van der Waals surface area contributed by atoms with Gasteiger partial charge in [0.15, 0.2) is 17.5 Å². The van der Waals surface area contributed by atoms with Crippen molar-refractivity contribution in [3.63, 3.8) is 0 Å². The predicted molar refractivity (Wildman–Crippen MR) is 105 cm³/mol. The minimum Gasteiger partial charge on any atom is -0.354 e. The average molecular weight is 420 g/mol. The molecule has 0 radical (unpaired) electrons. The molecular formula is C20H26F2N6O2. The van der Waals surface area contributed by atoms with Crippen LogP contribution in [0.1, 0.15) is 36.5 Å². The topological polar surface area (TPSA) is 117 Å². The minimum absolute atomic E-state index is 0.0270. The highest BCUT2D eigenvalue weighted by Crippen LogP contribution is 2.19. The van der Waals surface area contributed by atoms with E-state index >= 15 is 0 Å². The molecule has 1 aliphatic heterocycles. The smallest absolute Gasteiger partial charge is 0.242 e. The molecule has 0 saturated carbocycles. The van der Waals surface area contributed by atoms with E-state index in [0.29, 0.717) is 43.1 Å². The van der Waals surface area contributed by atoms with E-state index in [1.165, 1.54) is 6.07 Å². The van der Waals surface area contributed by atoms with Crippen LogP contribution in [0.15, 0.2) is 18.2 Å². The van der Waals surface area contributed by atoms with Crippen LogP contribution in [0.4, 0.5) is 8.78 Å². The van der Waals surface area contributed by atoms with Crippen molar-refractivity contribution in [1.82, 2.24) is 25.4 Å². The number of hydrogen-bond acceptors (Lipinski definition) is 5. The third-order valence-corrected chi connectivity index (χ3v) is 5.09. The van der Waals surface area contributed by atoms with Gasteiger partial charge in [0.25, 0.3) is 0 Å². The average Bonchev–Trinajstić information content (AvgIpc) is 3.34. The summed E-state index contributed by atoms with van der Waals surface area (Å²) in [5.41, 5.74) is 6.57. The Morgan fingerprint density at radius 2 is 2.17 bits per heavy atom. The van der Waals surface area contributed by atoms with E-state index in [4.69, 9.17) is 5.73 Å². The highest BCUT2D eigenvalue weighted by Gasteiger charge is 2.34. The van der Waals surface area contributed by atoms with Crippen LogP contribution in [0.5, 0.6) is 0 Å². The van der Waals surface area contributed by atoms with Gasteiger partial charge in [-0.15, -0.1) is 0 Å². The molecule has 2 atom stereocenters. The normalized spacial score (nSPS) is 17.2. The van der Waals surface area contributed by atoms with Gasteiger partial charge in [-0.25, -0.2) is 13.8 Å². The lowest BCUT2D eigenvalue weighted by molar-refractivity contribution is -0.138. The molecule has 162 valence electrons. The summed E-state index contributed by atoms with van der Waals surface area (Å²) in [6, 6.07) is 2.49. The number of hydrogen-bond donors (Lipinski definition) is 3. The number of H-pyrrole nitrogens is 1. The van der Waals surface area contributed by atoms with Crippen molar-refractivity contribution < 1.29 is 18.4 Å². The molecule has 30 heavy (non-hydrogen) atoms. The quantitative estimate of drug-likeness (QED) is 0.589. The van der Waals surface area contributed by atoms with E-state index in [1.807, 2.05) is 0 Å². The number of halogens is 2. The number of carbonyl (C=O) groups excluding carboxylic acids is 2. The second kappa shape index (κ2) is 9.75. The molecule has 0 unspecified atom stereocenters. The SMILES string of the molecule is Cc1nc(CCNC(=O)[C@@H]2CCCN2C(=O)C[C@H](N)Cc2ccc(F)c(F)c2)n[nH]1. The van der Waals surface area contributed by atoms with Gasteiger partial charge in [-0.1, -0.05) is 6.07 Å². The highest BCUT2D eigenvalue weighted by atomic mass is 19.2. The van der Waals surface area contributed by atoms with Gasteiger partial charge in [0.05, 0.1) is 0 Å². The lowest BCUT2D eigenvalue weighted by atomic mass is 10.0. The molecule has 0 aliphatic carbocycles. The summed E-state index contributed by atoms with van der Waals surface area (Å²) in [4.78, 5) is 31.0. The summed E-state index contributed by atoms with van der Waals surface area (Å²) < 4.78 is 26.4. The van der Waals surface area contributed by atoms with Crippen molar-refractivity contribution in [2.45, 2.75) is 51.1 Å². The minimum atomic E-state index is -0.942. The molecule has 8 nitrogen and oxygen atoms in total. The Morgan fingerprint density at radius 3 is 2.87 bits per heavy atom. The summed E-state index contributed by atoms with van der Waals surface area (Å²) in [5.74, 6) is -0.955. The van der Waals surface area contributed by atoms with Gasteiger partial charge in [0.2, 0.25) is 11.8 Å². The van der Waals surface area contributed by atoms with Crippen LogP contribution in [0, 0.1) is 18.6 Å². The Morgan fingerprint density at radius 1 is 1.37 bits per heavy atom. The van der Waals surface area contributed by atoms with Crippen LogP contribution < -0.4 is 11.1 Å². The number of aromatic nitrogens is 3. The molecule has 3 rings (SSSR count). The molecule has 1 aliphatic rings. The molecular weight excluding hydrogens is 394 g/mol. The number of nitrogens with one attached hydrogen (secondary N) is 2. The van der Waals surface area contributed by atoms with Crippen LogP contribution in [0.2, 0.25) is 0 Å². The van der Waals surface area contributed by atoms with Crippen molar-refractivity contribution in [3.05, 3.63) is 47.0 Å². The zero-order valence-electron chi connectivity index (χ0n) is 16.8. The summed E-state index contributed by atoms with van der Waals surface area (Å²) in [5, 5.41) is 9.60. The molecule has 2 amide bonds. The maximum atomic E-state index is 13.3. The monoisotopic (exact) mass is 420 g/mol. The molecule has 4 N–H and O–H groups in total. The second-order valence-electron chi connectivity index (χ2n) is 7.54. The van der Waals surface area contributed by atoms with Crippen LogP contribution in [-0.4, -0.2) is 57.1 Å². The van der Waals surface area contributed by atoms with E-state index in [0.717, 1.165) is 18.6 Å². The molecule has 0 spiro atoms. The van der Waals surface area contributed by atoms with Crippen molar-refractivity contribution in [2.24, 2.45) is 5.73 Å². The van der Waals surface area contributed by atoms with E-state index in [2.05, 4.69) is 20.5 Å². The number of amides is 2. The van der Waals surface area contributed by atoms with E-state index in [1.54, 1.807) is 11.8 Å². The lowest BCUT2D eigenvalue weighted by Gasteiger charge is -2.25. The van der Waals surface area contributed by atoms with Gasteiger partial charge in [-0.2, -0.15) is 5.10 Å². The fourth-order valence-electron chi connectivity index (χ4n) is 3.64. The van der Waals surface area contributed by atoms with E-state index in [9.17, 15) is 18.4 Å². The van der Waals surface area contributed by atoms with Crippen molar-refractivity contribution in [3.8, 4) is 0 Å². The van der Waals surface area contributed by atoms with E-state index < -0.39 is 23.7 Å². The predicted octanol–water partition coefficient (Wildman–Crippen LogP) is 1.00. The van der Waals surface area contributed by atoms with Crippen LogP contribution in [0.25, 0.3) is 0 Å². The first-order valence-corrected chi connectivity index (χ1v) is 9.98. The van der Waals surface area contributed by atoms with Crippen LogP contribution in [0.3, 0.4) is 0 Å². The number of rotatable bonds is 8. The molecule has 2 heterocycles. The van der Waals surface area contributed by atoms with E-state index in [-0.39, 0.29) is 24.7 Å². The Bertz CT molecular complexity index is 903. The molecule has 0 bridgehead atoms. The van der Waals surface area contributed by atoms with Gasteiger partial charge < -0.3 is 16.0 Å². The zero-order valence-corrected chi connectivity index (χ0v) is 16.8. The number of aryl methyl sites for hydroxylation is 1. The fourth-order valence-corrected chi connectivity index (χ4v) is 3.64. The standard InChI is InChI=1S/C20H26F2N6O2/c1-12-25-18(27-26-12)6-7-24-20(30)17-3-2-8-28(17)19(29)11-14(23)9-13-4-5-15(21)16(22)10-13/h4-5,10,14,17H,2-3,6-9,11,23H2,1H3,(H,24,30)(H,25,26,27)/t14-,17+/m1/s1. The number of benzene rings is 1. The first-order chi connectivity index (χ1) is 14.3. The first-order valence-electron chi connectivity index (χ1n) is 9.98. The maximum absolute atomic E-state index is 13.3. The molecule has 1 saturated heterocycles. The van der Waals surface area contributed by atoms with Gasteiger partial charge in [0.1, 0.15) is 11.9 Å². The number of likely N-dealkylation sites (tertiary alicyclic amines) is 1. The number of aromatic amines is 1. The Kier molecular flexibility index (Phi) is 7.09. The Labute approximate surface area is 173 Å². The molecule has 2 aromatic rings. The highest BCUT2D eigenvalue weighted by molar-refractivity contribution is 5.88. The van der Waals surface area contributed by atoms with Gasteiger partial charge in [0, 0.05) is 32.0 Å². The maximum Gasteiger partial charge on any atom is 0.242 e. The first kappa shape index (κ1) is 21.8. The lowest BCUT2D eigenvalue weighted by Crippen LogP contribution is -2.47. The molecule has 1 aromatic carbocycles. The summed E-state index contributed by atoms with van der Waals surface area (Å²) >= 11 is 0. The van der Waals surface area contributed by atoms with Gasteiger partial charge >= 0.3 is 0 Å². The van der Waals surface area contributed by atoms with Crippen LogP contribution in [-0.2, 0) is 22.4 Å².